The molecule has 2 bridgehead atoms. The van der Waals surface area contributed by atoms with Gasteiger partial charge in [-0.1, -0.05) is 24.3 Å². The SMILES string of the molecule is COC(=O)/C=C/C1=CN(CCOC(C)=O)[C@H]2C[C@@H]1[C@H](C(=O)OC)c1c2c2ccccc2n1C. The van der Waals surface area contributed by atoms with E-state index in [4.69, 9.17) is 14.2 Å². The Kier molecular flexibility index (Phi) is 6.26. The smallest absolute Gasteiger partial charge is 0.330 e. The molecule has 2 heterocycles. The van der Waals surface area contributed by atoms with Gasteiger partial charge in [0.05, 0.1) is 26.8 Å². The summed E-state index contributed by atoms with van der Waals surface area (Å²) in [6, 6.07) is 8.08. The normalized spacial score (nSPS) is 21.5. The number of aromatic nitrogens is 1. The van der Waals surface area contributed by atoms with Gasteiger partial charge < -0.3 is 23.7 Å². The Morgan fingerprint density at radius 2 is 1.91 bits per heavy atom. The number of nitrogens with zero attached hydrogens (tertiary/aromatic N) is 2. The summed E-state index contributed by atoms with van der Waals surface area (Å²) >= 11 is 0. The lowest BCUT2D eigenvalue weighted by molar-refractivity contribution is -0.145. The highest BCUT2D eigenvalue weighted by atomic mass is 16.5. The van der Waals surface area contributed by atoms with Gasteiger partial charge in [0.2, 0.25) is 0 Å². The van der Waals surface area contributed by atoms with E-state index in [2.05, 4.69) is 15.5 Å². The molecule has 0 fully saturated rings. The molecule has 8 heteroatoms. The molecule has 0 saturated carbocycles. The molecule has 2 aromatic rings. The van der Waals surface area contributed by atoms with E-state index in [-0.39, 0.29) is 30.5 Å². The Balaban J connectivity index is 1.87. The Bertz CT molecular complexity index is 1160. The van der Waals surface area contributed by atoms with Crippen LogP contribution in [0.25, 0.3) is 10.9 Å². The van der Waals surface area contributed by atoms with E-state index in [1.54, 1.807) is 6.08 Å². The maximum absolute atomic E-state index is 13.1. The van der Waals surface area contributed by atoms with Gasteiger partial charge in [0.1, 0.15) is 12.5 Å². The highest BCUT2D eigenvalue weighted by molar-refractivity contribution is 5.91. The predicted molar refractivity (Wildman–Crippen MR) is 121 cm³/mol. The summed E-state index contributed by atoms with van der Waals surface area (Å²) in [5, 5.41) is 1.09. The van der Waals surface area contributed by atoms with Crippen LogP contribution in [-0.4, -0.2) is 54.7 Å². The summed E-state index contributed by atoms with van der Waals surface area (Å²) in [7, 11) is 4.69. The summed E-state index contributed by atoms with van der Waals surface area (Å²) in [6.07, 6.45) is 5.69. The zero-order valence-corrected chi connectivity index (χ0v) is 19.2. The first-order valence-electron chi connectivity index (χ1n) is 10.9. The van der Waals surface area contributed by atoms with Crippen LogP contribution in [0.3, 0.4) is 0 Å². The Morgan fingerprint density at radius 1 is 1.15 bits per heavy atom. The van der Waals surface area contributed by atoms with E-state index < -0.39 is 11.9 Å². The molecule has 1 aromatic heterocycles. The van der Waals surface area contributed by atoms with Gasteiger partial charge in [-0.2, -0.15) is 0 Å². The number of hydrogen-bond acceptors (Lipinski definition) is 7. The molecule has 174 valence electrons. The van der Waals surface area contributed by atoms with Crippen LogP contribution >= 0.6 is 0 Å². The second-order valence-corrected chi connectivity index (χ2v) is 8.30. The van der Waals surface area contributed by atoms with Crippen LogP contribution in [0.2, 0.25) is 0 Å². The third-order valence-electron chi connectivity index (χ3n) is 6.57. The Hall–Kier alpha value is -3.55. The van der Waals surface area contributed by atoms with Crippen LogP contribution in [0.4, 0.5) is 0 Å². The molecular formula is C25H28N2O6. The summed E-state index contributed by atoms with van der Waals surface area (Å²) in [5.74, 6) is -1.80. The van der Waals surface area contributed by atoms with Crippen molar-refractivity contribution in [1.29, 1.82) is 0 Å². The van der Waals surface area contributed by atoms with Crippen LogP contribution in [0.5, 0.6) is 0 Å². The van der Waals surface area contributed by atoms with Gasteiger partial charge >= 0.3 is 17.9 Å². The van der Waals surface area contributed by atoms with Gasteiger partial charge in [-0.3, -0.25) is 9.59 Å². The molecule has 1 aliphatic heterocycles. The lowest BCUT2D eigenvalue weighted by Crippen LogP contribution is -2.42. The lowest BCUT2D eigenvalue weighted by Gasteiger charge is -2.45. The van der Waals surface area contributed by atoms with Crippen molar-refractivity contribution in [3.63, 3.8) is 0 Å². The maximum Gasteiger partial charge on any atom is 0.330 e. The summed E-state index contributed by atoms with van der Waals surface area (Å²) < 4.78 is 17.3. The molecule has 1 aliphatic carbocycles. The zero-order valence-electron chi connectivity index (χ0n) is 19.2. The molecule has 4 rings (SSSR count). The third-order valence-corrected chi connectivity index (χ3v) is 6.57. The number of esters is 3. The quantitative estimate of drug-likeness (QED) is 0.378. The van der Waals surface area contributed by atoms with Gasteiger partial charge in [-0.05, 0) is 18.1 Å². The van der Waals surface area contributed by atoms with E-state index >= 15 is 0 Å². The number of aryl methyl sites for hydroxylation is 1. The van der Waals surface area contributed by atoms with Crippen molar-refractivity contribution >= 4 is 28.8 Å². The first-order chi connectivity index (χ1) is 15.9. The number of methoxy groups -OCH3 is 2. The van der Waals surface area contributed by atoms with E-state index in [0.29, 0.717) is 13.0 Å². The van der Waals surface area contributed by atoms with Crippen molar-refractivity contribution in [3.05, 3.63) is 59.4 Å². The van der Waals surface area contributed by atoms with Crippen LogP contribution in [-0.2, 0) is 35.6 Å². The number of ether oxygens (including phenoxy) is 3. The number of benzene rings is 1. The van der Waals surface area contributed by atoms with Crippen molar-refractivity contribution in [2.45, 2.75) is 25.3 Å². The fraction of sp³-hybridized carbons (Fsp3) is 0.400. The highest BCUT2D eigenvalue weighted by Gasteiger charge is 2.47. The molecule has 0 spiro atoms. The number of allylic oxidation sites excluding steroid dienone is 2. The first kappa shape index (κ1) is 22.6. The number of fused-ring (bicyclic) bond motifs is 6. The fourth-order valence-electron chi connectivity index (χ4n) is 5.18. The van der Waals surface area contributed by atoms with Gasteiger partial charge in [0.25, 0.3) is 0 Å². The largest absolute Gasteiger partial charge is 0.468 e. The first-order valence-corrected chi connectivity index (χ1v) is 10.9. The molecule has 2 aliphatic rings. The maximum atomic E-state index is 13.1. The van der Waals surface area contributed by atoms with Crippen molar-refractivity contribution < 1.29 is 28.6 Å². The minimum Gasteiger partial charge on any atom is -0.468 e. The van der Waals surface area contributed by atoms with Crippen molar-refractivity contribution in [2.75, 3.05) is 27.4 Å². The van der Waals surface area contributed by atoms with Gasteiger partial charge in [0, 0.05) is 54.3 Å². The highest BCUT2D eigenvalue weighted by Crippen LogP contribution is 2.53. The zero-order chi connectivity index (χ0) is 23.7. The summed E-state index contributed by atoms with van der Waals surface area (Å²) in [4.78, 5) is 38.3. The van der Waals surface area contributed by atoms with E-state index in [1.807, 2.05) is 31.4 Å². The van der Waals surface area contributed by atoms with Gasteiger partial charge in [0.15, 0.2) is 0 Å². The average Bonchev–Trinajstić information content (AvgIpc) is 3.11. The molecule has 0 saturated heterocycles. The minimum absolute atomic E-state index is 0.0113. The number of rotatable bonds is 6. The average molecular weight is 453 g/mol. The second kappa shape index (κ2) is 9.13. The van der Waals surface area contributed by atoms with Gasteiger partial charge in [-0.15, -0.1) is 0 Å². The number of carbonyl (C=O) groups is 3. The Morgan fingerprint density at radius 3 is 2.61 bits per heavy atom. The molecular weight excluding hydrogens is 424 g/mol. The number of para-hydroxylation sites is 1. The fourth-order valence-corrected chi connectivity index (χ4v) is 5.18. The van der Waals surface area contributed by atoms with Crippen LogP contribution < -0.4 is 0 Å². The number of hydrogen-bond donors (Lipinski definition) is 0. The van der Waals surface area contributed by atoms with Gasteiger partial charge in [-0.25, -0.2) is 4.79 Å². The van der Waals surface area contributed by atoms with E-state index in [9.17, 15) is 14.4 Å². The minimum atomic E-state index is -0.511. The standard InChI is InChI=1S/C25H28N2O6/c1-15(28)33-12-11-27-14-16(9-10-21(29)31-3)18-13-20(27)22-17-7-5-6-8-19(17)26(2)24(22)23(18)25(30)32-4/h5-10,14,18,20,23H,11-13H2,1-4H3/b10-9+/t18-,20-,23-/m0/s1. The molecule has 0 amide bonds. The predicted octanol–water partition coefficient (Wildman–Crippen LogP) is 2.99. The molecule has 33 heavy (non-hydrogen) atoms. The van der Waals surface area contributed by atoms with E-state index in [1.165, 1.54) is 27.2 Å². The molecule has 8 nitrogen and oxygen atoms in total. The molecule has 3 atom stereocenters. The Labute approximate surface area is 192 Å². The second-order valence-electron chi connectivity index (χ2n) is 8.30. The summed E-state index contributed by atoms with van der Waals surface area (Å²) in [5.41, 5.74) is 3.87. The molecule has 1 aromatic carbocycles. The number of carbonyl (C=O) groups excluding carboxylic acids is 3. The van der Waals surface area contributed by atoms with Crippen molar-refractivity contribution in [2.24, 2.45) is 13.0 Å². The summed E-state index contributed by atoms with van der Waals surface area (Å²) in [6.45, 7) is 2.11. The molecule has 0 radical (unpaired) electrons. The molecule has 0 unspecified atom stereocenters. The van der Waals surface area contributed by atoms with Crippen LogP contribution in [0, 0.1) is 5.92 Å². The van der Waals surface area contributed by atoms with Crippen LogP contribution in [0.1, 0.15) is 36.6 Å². The van der Waals surface area contributed by atoms with Crippen molar-refractivity contribution in [1.82, 2.24) is 9.47 Å². The third kappa shape index (κ3) is 4.01. The van der Waals surface area contributed by atoms with E-state index in [0.717, 1.165) is 27.7 Å². The molecule has 0 N–H and O–H groups in total. The topological polar surface area (TPSA) is 87.1 Å². The van der Waals surface area contributed by atoms with Crippen LogP contribution in [0.15, 0.2) is 48.2 Å². The van der Waals surface area contributed by atoms with Crippen molar-refractivity contribution in [3.8, 4) is 0 Å². The lowest BCUT2D eigenvalue weighted by atomic mass is 9.69. The monoisotopic (exact) mass is 452 g/mol.